The Morgan fingerprint density at radius 3 is 2.53 bits per heavy atom. The molecule has 172 valence electrons. The number of nitrogens with zero attached hydrogens (tertiary/aromatic N) is 1. The molecule has 2 aromatic rings. The standard InChI is InChI=1S/C25H35N5OS/c1-25(2,3)32-22-14-13-18(19-11-7-8-12-20(19)24(26)29-30-27)16-21(22)28-23(31)15-17-9-5-4-6-10-17/h7-8,11-14,16-17,30H,4-6,9-10,15,27H2,1-3H3,(H2,26,29)(H,28,31). The number of rotatable bonds is 7. The van der Waals surface area contributed by atoms with Gasteiger partial charge in [-0.05, 0) is 42.0 Å². The van der Waals surface area contributed by atoms with Gasteiger partial charge in [-0.3, -0.25) is 4.79 Å². The highest BCUT2D eigenvalue weighted by molar-refractivity contribution is 8.00. The summed E-state index contributed by atoms with van der Waals surface area (Å²) in [7, 11) is 0. The SMILES string of the molecule is CC(C)(C)Sc1ccc(-c2ccccc2/C(N)=N/NN)cc1NC(=O)CC1CCCCC1. The Kier molecular flexibility index (Phi) is 8.21. The lowest BCUT2D eigenvalue weighted by Crippen LogP contribution is -2.23. The lowest BCUT2D eigenvalue weighted by atomic mass is 9.87. The Hall–Kier alpha value is -2.51. The molecule has 0 heterocycles. The second-order valence-electron chi connectivity index (χ2n) is 9.35. The van der Waals surface area contributed by atoms with E-state index in [1.54, 1.807) is 11.8 Å². The molecular weight excluding hydrogens is 418 g/mol. The molecule has 6 N–H and O–H groups in total. The third kappa shape index (κ3) is 6.74. The van der Waals surface area contributed by atoms with Crippen LogP contribution in [0.3, 0.4) is 0 Å². The molecule has 1 aliphatic rings. The van der Waals surface area contributed by atoms with Crippen LogP contribution in [0.2, 0.25) is 0 Å². The predicted molar refractivity (Wildman–Crippen MR) is 135 cm³/mol. The van der Waals surface area contributed by atoms with Crippen molar-refractivity contribution in [2.75, 3.05) is 5.32 Å². The molecule has 0 unspecified atom stereocenters. The smallest absolute Gasteiger partial charge is 0.224 e. The third-order valence-electron chi connectivity index (χ3n) is 5.57. The van der Waals surface area contributed by atoms with Gasteiger partial charge in [0.2, 0.25) is 5.91 Å². The minimum Gasteiger partial charge on any atom is -0.382 e. The maximum absolute atomic E-state index is 12.9. The summed E-state index contributed by atoms with van der Waals surface area (Å²) in [5.74, 6) is 6.21. The minimum absolute atomic E-state index is 0.0200. The van der Waals surface area contributed by atoms with E-state index >= 15 is 0 Å². The van der Waals surface area contributed by atoms with Gasteiger partial charge in [0.05, 0.1) is 5.69 Å². The number of thioether (sulfide) groups is 1. The Morgan fingerprint density at radius 2 is 1.84 bits per heavy atom. The van der Waals surface area contributed by atoms with Crippen molar-refractivity contribution in [3.05, 3.63) is 48.0 Å². The van der Waals surface area contributed by atoms with Crippen LogP contribution in [-0.2, 0) is 4.79 Å². The van der Waals surface area contributed by atoms with E-state index in [9.17, 15) is 4.79 Å². The minimum atomic E-state index is 0.0200. The van der Waals surface area contributed by atoms with Crippen molar-refractivity contribution < 1.29 is 4.79 Å². The van der Waals surface area contributed by atoms with Crippen molar-refractivity contribution in [1.82, 2.24) is 5.53 Å². The lowest BCUT2D eigenvalue weighted by Gasteiger charge is -2.23. The van der Waals surface area contributed by atoms with Gasteiger partial charge in [0, 0.05) is 21.6 Å². The molecule has 6 nitrogen and oxygen atoms in total. The molecule has 0 radical (unpaired) electrons. The monoisotopic (exact) mass is 453 g/mol. The van der Waals surface area contributed by atoms with E-state index in [1.165, 1.54) is 19.3 Å². The van der Waals surface area contributed by atoms with Crippen LogP contribution < -0.4 is 22.4 Å². The van der Waals surface area contributed by atoms with Gasteiger partial charge >= 0.3 is 0 Å². The maximum atomic E-state index is 12.9. The van der Waals surface area contributed by atoms with E-state index in [2.05, 4.69) is 48.9 Å². The van der Waals surface area contributed by atoms with Gasteiger partial charge in [-0.15, -0.1) is 16.9 Å². The molecule has 0 atom stereocenters. The average Bonchev–Trinajstić information content (AvgIpc) is 2.75. The summed E-state index contributed by atoms with van der Waals surface area (Å²) in [4.78, 5) is 14.0. The highest BCUT2D eigenvalue weighted by Gasteiger charge is 2.20. The fraction of sp³-hybridized carbons (Fsp3) is 0.440. The van der Waals surface area contributed by atoms with Crippen molar-refractivity contribution >= 4 is 29.2 Å². The van der Waals surface area contributed by atoms with Crippen molar-refractivity contribution in [1.29, 1.82) is 0 Å². The van der Waals surface area contributed by atoms with Crippen LogP contribution >= 0.6 is 11.8 Å². The van der Waals surface area contributed by atoms with E-state index in [-0.39, 0.29) is 10.7 Å². The van der Waals surface area contributed by atoms with E-state index in [4.69, 9.17) is 11.6 Å². The zero-order valence-corrected chi connectivity index (χ0v) is 20.1. The number of nitrogens with one attached hydrogen (secondary N) is 2. The van der Waals surface area contributed by atoms with Crippen molar-refractivity contribution in [2.45, 2.75) is 68.9 Å². The Labute approximate surface area is 195 Å². The Bertz CT molecular complexity index is 961. The van der Waals surface area contributed by atoms with Crippen molar-refractivity contribution in [3.63, 3.8) is 0 Å². The lowest BCUT2D eigenvalue weighted by molar-refractivity contribution is -0.117. The van der Waals surface area contributed by atoms with E-state index in [0.717, 1.165) is 40.1 Å². The van der Waals surface area contributed by atoms with Gasteiger partial charge in [-0.25, -0.2) is 11.4 Å². The maximum Gasteiger partial charge on any atom is 0.224 e. The number of nitrogens with two attached hydrogens (primary N) is 2. The Balaban J connectivity index is 1.93. The molecular formula is C25H35N5OS. The summed E-state index contributed by atoms with van der Waals surface area (Å²) in [6.07, 6.45) is 6.64. The molecule has 1 amide bonds. The van der Waals surface area contributed by atoms with E-state index < -0.39 is 0 Å². The molecule has 7 heteroatoms. The molecule has 1 saturated carbocycles. The number of carbonyl (C=O) groups excluding carboxylic acids is 1. The van der Waals surface area contributed by atoms with E-state index in [0.29, 0.717) is 18.2 Å². The van der Waals surface area contributed by atoms with Crippen LogP contribution in [-0.4, -0.2) is 16.5 Å². The first-order valence-corrected chi connectivity index (χ1v) is 12.1. The molecule has 1 aliphatic carbocycles. The fourth-order valence-corrected chi connectivity index (χ4v) is 5.17. The summed E-state index contributed by atoms with van der Waals surface area (Å²) in [6, 6.07) is 13.9. The number of anilines is 1. The molecule has 1 fully saturated rings. The van der Waals surface area contributed by atoms with Crippen LogP contribution in [0.5, 0.6) is 0 Å². The second kappa shape index (κ2) is 10.9. The van der Waals surface area contributed by atoms with E-state index in [1.807, 2.05) is 30.3 Å². The molecule has 3 rings (SSSR count). The number of hydrogen-bond donors (Lipinski definition) is 4. The molecule has 0 saturated heterocycles. The second-order valence-corrected chi connectivity index (χ2v) is 11.2. The first-order chi connectivity index (χ1) is 15.3. The topological polar surface area (TPSA) is 106 Å². The normalized spacial score (nSPS) is 15.4. The van der Waals surface area contributed by atoms with Crippen molar-refractivity contribution in [3.8, 4) is 11.1 Å². The third-order valence-corrected chi connectivity index (χ3v) is 6.76. The van der Waals surface area contributed by atoms with Gasteiger partial charge in [-0.2, -0.15) is 0 Å². The van der Waals surface area contributed by atoms with Crippen LogP contribution in [0.4, 0.5) is 5.69 Å². The van der Waals surface area contributed by atoms with Crippen LogP contribution in [0, 0.1) is 5.92 Å². The zero-order chi connectivity index (χ0) is 23.1. The first-order valence-electron chi connectivity index (χ1n) is 11.3. The van der Waals surface area contributed by atoms with Gasteiger partial charge in [-0.1, -0.05) is 70.4 Å². The summed E-state index contributed by atoms with van der Waals surface area (Å²) >= 11 is 1.75. The quantitative estimate of drug-likeness (QED) is 0.151. The summed E-state index contributed by atoms with van der Waals surface area (Å²) < 4.78 is 0.0200. The van der Waals surface area contributed by atoms with Gasteiger partial charge in [0.15, 0.2) is 5.84 Å². The number of amides is 1. The van der Waals surface area contributed by atoms with Crippen LogP contribution in [0.1, 0.15) is 64.9 Å². The molecule has 0 aliphatic heterocycles. The fourth-order valence-electron chi connectivity index (χ4n) is 4.16. The summed E-state index contributed by atoms with van der Waals surface area (Å²) in [6.45, 7) is 6.52. The predicted octanol–water partition coefficient (Wildman–Crippen LogP) is 5.24. The van der Waals surface area contributed by atoms with Crippen molar-refractivity contribution in [2.24, 2.45) is 22.6 Å². The molecule has 32 heavy (non-hydrogen) atoms. The molecule has 2 aromatic carbocycles. The van der Waals surface area contributed by atoms with Gasteiger partial charge < -0.3 is 11.1 Å². The number of benzene rings is 2. The van der Waals surface area contributed by atoms with Gasteiger partial charge in [0.25, 0.3) is 0 Å². The summed E-state index contributed by atoms with van der Waals surface area (Å²) in [5, 5.41) is 7.14. The first kappa shape index (κ1) is 24.1. The molecule has 0 spiro atoms. The number of hydrogen-bond acceptors (Lipinski definition) is 5. The number of hydrazine groups is 1. The van der Waals surface area contributed by atoms with Crippen LogP contribution in [0.15, 0.2) is 52.5 Å². The van der Waals surface area contributed by atoms with Crippen LogP contribution in [0.25, 0.3) is 11.1 Å². The zero-order valence-electron chi connectivity index (χ0n) is 19.3. The summed E-state index contributed by atoms with van der Waals surface area (Å²) in [5.41, 5.74) is 11.9. The number of carbonyl (C=O) groups is 1. The number of hydrazone groups is 1. The highest BCUT2D eigenvalue weighted by atomic mass is 32.2. The molecule has 0 aromatic heterocycles. The highest BCUT2D eigenvalue weighted by Crippen LogP contribution is 2.39. The average molecular weight is 454 g/mol. The largest absolute Gasteiger partial charge is 0.382 e. The van der Waals surface area contributed by atoms with Gasteiger partial charge in [0.1, 0.15) is 0 Å². The Morgan fingerprint density at radius 1 is 1.12 bits per heavy atom. The number of amidine groups is 1. The molecule has 0 bridgehead atoms.